The van der Waals surface area contributed by atoms with Crippen LogP contribution in [0.2, 0.25) is 0 Å². The molecule has 3 rings (SSSR count). The molecule has 0 radical (unpaired) electrons. The van der Waals surface area contributed by atoms with Crippen molar-refractivity contribution < 1.29 is 8.42 Å². The molecule has 116 valence electrons. The van der Waals surface area contributed by atoms with Gasteiger partial charge in [-0.25, -0.2) is 8.42 Å². The molecule has 0 aliphatic rings. The van der Waals surface area contributed by atoms with Crippen LogP contribution in [0.5, 0.6) is 0 Å². The van der Waals surface area contributed by atoms with E-state index >= 15 is 0 Å². The Kier molecular flexibility index (Phi) is 4.30. The lowest BCUT2D eigenvalue weighted by Crippen LogP contribution is -2.16. The van der Waals surface area contributed by atoms with Crippen molar-refractivity contribution in [2.75, 3.05) is 0 Å². The van der Waals surface area contributed by atoms with E-state index in [1.54, 1.807) is 12.1 Å². The van der Waals surface area contributed by atoms with Gasteiger partial charge in [-0.1, -0.05) is 78.9 Å². The SMILES string of the molecule is Cc1ccccc1S(=O)(=O)C(c1ccccc1)c1ccccc1. The van der Waals surface area contributed by atoms with Crippen LogP contribution in [-0.2, 0) is 9.84 Å². The van der Waals surface area contributed by atoms with Crippen molar-refractivity contribution in [3.05, 3.63) is 102 Å². The van der Waals surface area contributed by atoms with E-state index < -0.39 is 15.1 Å². The highest BCUT2D eigenvalue weighted by Crippen LogP contribution is 2.35. The van der Waals surface area contributed by atoms with Gasteiger partial charge in [-0.15, -0.1) is 0 Å². The molecule has 0 spiro atoms. The van der Waals surface area contributed by atoms with Gasteiger partial charge in [0.1, 0.15) is 5.25 Å². The smallest absolute Gasteiger partial charge is 0.189 e. The molecule has 0 aromatic heterocycles. The molecule has 0 aliphatic carbocycles. The predicted molar refractivity (Wildman–Crippen MR) is 93.1 cm³/mol. The molecule has 0 atom stereocenters. The van der Waals surface area contributed by atoms with E-state index in [0.717, 1.165) is 16.7 Å². The predicted octanol–water partition coefficient (Wildman–Crippen LogP) is 4.56. The summed E-state index contributed by atoms with van der Waals surface area (Å²) in [6.45, 7) is 1.83. The molecular formula is C20H18O2S. The van der Waals surface area contributed by atoms with Gasteiger partial charge in [-0.05, 0) is 29.7 Å². The van der Waals surface area contributed by atoms with Crippen LogP contribution in [0.4, 0.5) is 0 Å². The maximum absolute atomic E-state index is 13.4. The highest BCUT2D eigenvalue weighted by molar-refractivity contribution is 7.92. The second-order valence-corrected chi connectivity index (χ2v) is 7.51. The Bertz CT molecular complexity index is 846. The van der Waals surface area contributed by atoms with E-state index in [1.807, 2.05) is 79.7 Å². The number of aryl methyl sites for hydroxylation is 1. The molecular weight excluding hydrogens is 304 g/mol. The average Bonchev–Trinajstić information content (AvgIpc) is 2.57. The van der Waals surface area contributed by atoms with Gasteiger partial charge in [0.25, 0.3) is 0 Å². The zero-order chi connectivity index (χ0) is 16.3. The first-order valence-corrected chi connectivity index (χ1v) is 9.05. The van der Waals surface area contributed by atoms with Crippen LogP contribution in [0.15, 0.2) is 89.8 Å². The van der Waals surface area contributed by atoms with Crippen molar-refractivity contribution in [3.8, 4) is 0 Å². The van der Waals surface area contributed by atoms with Gasteiger partial charge in [0.05, 0.1) is 4.90 Å². The highest BCUT2D eigenvalue weighted by Gasteiger charge is 2.31. The van der Waals surface area contributed by atoms with E-state index in [0.29, 0.717) is 4.90 Å². The fourth-order valence-corrected chi connectivity index (χ4v) is 4.88. The second-order valence-electron chi connectivity index (χ2n) is 5.51. The van der Waals surface area contributed by atoms with Crippen LogP contribution in [0.1, 0.15) is 21.9 Å². The number of hydrogen-bond donors (Lipinski definition) is 0. The number of sulfone groups is 1. The Morgan fingerprint density at radius 3 is 1.57 bits per heavy atom. The summed E-state index contributed by atoms with van der Waals surface area (Å²) >= 11 is 0. The van der Waals surface area contributed by atoms with E-state index in [9.17, 15) is 8.42 Å². The molecule has 3 aromatic carbocycles. The summed E-state index contributed by atoms with van der Waals surface area (Å²) in [6, 6.07) is 25.9. The minimum absolute atomic E-state index is 0.387. The lowest BCUT2D eigenvalue weighted by Gasteiger charge is -2.20. The first-order valence-electron chi connectivity index (χ1n) is 7.50. The second kappa shape index (κ2) is 6.39. The van der Waals surface area contributed by atoms with Gasteiger partial charge in [0.2, 0.25) is 0 Å². The van der Waals surface area contributed by atoms with Gasteiger partial charge in [0.15, 0.2) is 9.84 Å². The van der Waals surface area contributed by atoms with Crippen LogP contribution in [0, 0.1) is 6.92 Å². The molecule has 0 heterocycles. The lowest BCUT2D eigenvalue weighted by atomic mass is 10.0. The molecule has 0 saturated heterocycles. The van der Waals surface area contributed by atoms with Crippen molar-refractivity contribution in [1.82, 2.24) is 0 Å². The summed E-state index contributed by atoms with van der Waals surface area (Å²) in [5.41, 5.74) is 2.33. The van der Waals surface area contributed by atoms with Crippen molar-refractivity contribution in [2.45, 2.75) is 17.1 Å². The van der Waals surface area contributed by atoms with E-state index in [1.165, 1.54) is 0 Å². The molecule has 2 nitrogen and oxygen atoms in total. The third kappa shape index (κ3) is 3.06. The summed E-state index contributed by atoms with van der Waals surface area (Å²) in [6.07, 6.45) is 0. The monoisotopic (exact) mass is 322 g/mol. The molecule has 0 N–H and O–H groups in total. The quantitative estimate of drug-likeness (QED) is 0.706. The minimum atomic E-state index is -3.54. The van der Waals surface area contributed by atoms with Gasteiger partial charge < -0.3 is 0 Å². The maximum atomic E-state index is 13.4. The van der Waals surface area contributed by atoms with Crippen LogP contribution in [0.3, 0.4) is 0 Å². The number of benzene rings is 3. The average molecular weight is 322 g/mol. The molecule has 0 unspecified atom stereocenters. The standard InChI is InChI=1S/C20H18O2S/c1-16-10-8-9-15-19(16)23(21,22)20(17-11-4-2-5-12-17)18-13-6-3-7-14-18/h2-15,20H,1H3. The van der Waals surface area contributed by atoms with Crippen molar-refractivity contribution in [1.29, 1.82) is 0 Å². The van der Waals surface area contributed by atoms with Crippen LogP contribution < -0.4 is 0 Å². The minimum Gasteiger partial charge on any atom is -0.223 e. The number of rotatable bonds is 4. The Morgan fingerprint density at radius 1 is 0.652 bits per heavy atom. The van der Waals surface area contributed by atoms with Gasteiger partial charge >= 0.3 is 0 Å². The molecule has 23 heavy (non-hydrogen) atoms. The summed E-state index contributed by atoms with van der Waals surface area (Å²) in [5, 5.41) is -0.703. The third-order valence-electron chi connectivity index (χ3n) is 3.92. The Labute approximate surface area is 137 Å². The largest absolute Gasteiger partial charge is 0.223 e. The normalized spacial score (nSPS) is 11.6. The highest BCUT2D eigenvalue weighted by atomic mass is 32.2. The van der Waals surface area contributed by atoms with E-state index in [4.69, 9.17) is 0 Å². The maximum Gasteiger partial charge on any atom is 0.189 e. The van der Waals surface area contributed by atoms with Crippen LogP contribution in [0.25, 0.3) is 0 Å². The Morgan fingerprint density at radius 2 is 1.09 bits per heavy atom. The molecule has 0 saturated carbocycles. The number of hydrogen-bond acceptors (Lipinski definition) is 2. The molecule has 3 heteroatoms. The van der Waals surface area contributed by atoms with Gasteiger partial charge in [-0.2, -0.15) is 0 Å². The Hall–Kier alpha value is -2.39. The lowest BCUT2D eigenvalue weighted by molar-refractivity contribution is 0.588. The fraction of sp³-hybridized carbons (Fsp3) is 0.100. The first-order chi connectivity index (χ1) is 11.1. The van der Waals surface area contributed by atoms with Crippen molar-refractivity contribution in [3.63, 3.8) is 0 Å². The summed E-state index contributed by atoms with van der Waals surface area (Å²) < 4.78 is 26.7. The van der Waals surface area contributed by atoms with E-state index in [-0.39, 0.29) is 0 Å². The summed E-state index contributed by atoms with van der Waals surface area (Å²) in [7, 11) is -3.54. The molecule has 0 aliphatic heterocycles. The van der Waals surface area contributed by atoms with Crippen molar-refractivity contribution in [2.24, 2.45) is 0 Å². The van der Waals surface area contributed by atoms with Gasteiger partial charge in [-0.3, -0.25) is 0 Å². The van der Waals surface area contributed by atoms with Crippen LogP contribution in [-0.4, -0.2) is 8.42 Å². The molecule has 0 fully saturated rings. The first kappa shape index (κ1) is 15.5. The van der Waals surface area contributed by atoms with Crippen molar-refractivity contribution >= 4 is 9.84 Å². The fourth-order valence-electron chi connectivity index (χ4n) is 2.81. The molecule has 0 amide bonds. The summed E-state index contributed by atoms with van der Waals surface area (Å²) in [4.78, 5) is 0.387. The topological polar surface area (TPSA) is 34.1 Å². The van der Waals surface area contributed by atoms with E-state index in [2.05, 4.69) is 0 Å². The van der Waals surface area contributed by atoms with Gasteiger partial charge in [0, 0.05) is 0 Å². The zero-order valence-electron chi connectivity index (χ0n) is 12.9. The Balaban J connectivity index is 2.22. The zero-order valence-corrected chi connectivity index (χ0v) is 13.7. The third-order valence-corrected chi connectivity index (χ3v) is 6.15. The molecule has 3 aromatic rings. The summed E-state index contributed by atoms with van der Waals surface area (Å²) in [5.74, 6) is 0. The van der Waals surface area contributed by atoms with Crippen LogP contribution >= 0.6 is 0 Å². The molecule has 0 bridgehead atoms.